The lowest BCUT2D eigenvalue weighted by molar-refractivity contribution is -0.385. The van der Waals surface area contributed by atoms with Gasteiger partial charge < -0.3 is 9.47 Å². The molecule has 1 unspecified atom stereocenters. The quantitative estimate of drug-likeness (QED) is 0.475. The molecule has 0 radical (unpaired) electrons. The van der Waals surface area contributed by atoms with Crippen LogP contribution in [0.3, 0.4) is 0 Å². The van der Waals surface area contributed by atoms with E-state index in [4.69, 9.17) is 9.47 Å². The zero-order valence-corrected chi connectivity index (χ0v) is 12.5. The first-order chi connectivity index (χ1) is 10.4. The number of esters is 1. The SMILES string of the molecule is CCOC(=O)C(C)N1C(=O)COc2cc(C)c([N+](=O)[O-])cc21. The van der Waals surface area contributed by atoms with Crippen molar-refractivity contribution in [3.63, 3.8) is 0 Å². The summed E-state index contributed by atoms with van der Waals surface area (Å²) < 4.78 is 10.2. The first-order valence-corrected chi connectivity index (χ1v) is 6.77. The molecule has 8 nitrogen and oxygen atoms in total. The molecule has 22 heavy (non-hydrogen) atoms. The monoisotopic (exact) mass is 308 g/mol. The second-order valence-electron chi connectivity index (χ2n) is 4.84. The van der Waals surface area contributed by atoms with Crippen LogP contribution in [0.25, 0.3) is 0 Å². The van der Waals surface area contributed by atoms with Crippen LogP contribution in [0.4, 0.5) is 11.4 Å². The van der Waals surface area contributed by atoms with Crippen LogP contribution in [0, 0.1) is 17.0 Å². The third-order valence-corrected chi connectivity index (χ3v) is 3.37. The summed E-state index contributed by atoms with van der Waals surface area (Å²) in [5, 5.41) is 11.1. The van der Waals surface area contributed by atoms with Crippen molar-refractivity contribution in [2.45, 2.75) is 26.8 Å². The van der Waals surface area contributed by atoms with E-state index in [9.17, 15) is 19.7 Å². The summed E-state index contributed by atoms with van der Waals surface area (Å²) >= 11 is 0. The van der Waals surface area contributed by atoms with Crippen LogP contribution in [0.1, 0.15) is 19.4 Å². The van der Waals surface area contributed by atoms with Gasteiger partial charge in [-0.1, -0.05) is 0 Å². The van der Waals surface area contributed by atoms with Gasteiger partial charge in [-0.2, -0.15) is 0 Å². The van der Waals surface area contributed by atoms with Gasteiger partial charge in [0.25, 0.3) is 11.6 Å². The Balaban J connectivity index is 2.49. The minimum absolute atomic E-state index is 0.141. The number of ether oxygens (including phenoxy) is 2. The number of hydrogen-bond donors (Lipinski definition) is 0. The molecule has 1 atom stereocenters. The summed E-state index contributed by atoms with van der Waals surface area (Å²) in [6.45, 7) is 4.71. The van der Waals surface area contributed by atoms with Crippen LogP contribution < -0.4 is 9.64 Å². The summed E-state index contributed by atoms with van der Waals surface area (Å²) in [6.07, 6.45) is 0. The summed E-state index contributed by atoms with van der Waals surface area (Å²) in [7, 11) is 0. The fourth-order valence-corrected chi connectivity index (χ4v) is 2.30. The van der Waals surface area contributed by atoms with Gasteiger partial charge in [0, 0.05) is 11.6 Å². The maximum Gasteiger partial charge on any atom is 0.328 e. The van der Waals surface area contributed by atoms with Gasteiger partial charge in [0.15, 0.2) is 6.61 Å². The van der Waals surface area contributed by atoms with Crippen molar-refractivity contribution in [1.82, 2.24) is 0 Å². The van der Waals surface area contributed by atoms with Crippen LogP contribution in [0.2, 0.25) is 0 Å². The molecular formula is C14H16N2O6. The molecule has 0 spiro atoms. The van der Waals surface area contributed by atoms with Gasteiger partial charge in [0.05, 0.1) is 17.2 Å². The smallest absolute Gasteiger partial charge is 0.328 e. The van der Waals surface area contributed by atoms with E-state index in [0.717, 1.165) is 0 Å². The fraction of sp³-hybridized carbons (Fsp3) is 0.429. The second kappa shape index (κ2) is 6.00. The Morgan fingerprint density at radius 2 is 2.23 bits per heavy atom. The molecule has 1 aromatic rings. The molecule has 0 N–H and O–H groups in total. The lowest BCUT2D eigenvalue weighted by Crippen LogP contribution is -2.48. The Kier molecular flexibility index (Phi) is 4.30. The number of anilines is 1. The normalized spacial score (nSPS) is 14.9. The zero-order chi connectivity index (χ0) is 16.4. The predicted octanol–water partition coefficient (Wildman–Crippen LogP) is 1.58. The van der Waals surface area contributed by atoms with Crippen LogP contribution in [-0.2, 0) is 14.3 Å². The largest absolute Gasteiger partial charge is 0.482 e. The minimum atomic E-state index is -0.891. The highest BCUT2D eigenvalue weighted by atomic mass is 16.6. The molecule has 0 saturated carbocycles. The van der Waals surface area contributed by atoms with Crippen molar-refractivity contribution < 1.29 is 24.0 Å². The van der Waals surface area contributed by atoms with E-state index in [1.165, 1.54) is 24.0 Å². The van der Waals surface area contributed by atoms with Crippen LogP contribution in [0.5, 0.6) is 5.75 Å². The summed E-state index contributed by atoms with van der Waals surface area (Å²) in [5.74, 6) is -0.697. The number of fused-ring (bicyclic) bond motifs is 1. The predicted molar refractivity (Wildman–Crippen MR) is 76.9 cm³/mol. The van der Waals surface area contributed by atoms with E-state index in [0.29, 0.717) is 11.3 Å². The van der Waals surface area contributed by atoms with Crippen LogP contribution >= 0.6 is 0 Å². The molecule has 1 amide bonds. The molecule has 118 valence electrons. The fourth-order valence-electron chi connectivity index (χ4n) is 2.30. The molecular weight excluding hydrogens is 292 g/mol. The van der Waals surface area contributed by atoms with E-state index in [2.05, 4.69) is 0 Å². The minimum Gasteiger partial charge on any atom is -0.482 e. The lowest BCUT2D eigenvalue weighted by Gasteiger charge is -2.32. The number of hydrogen-bond acceptors (Lipinski definition) is 6. The van der Waals surface area contributed by atoms with E-state index in [-0.39, 0.29) is 24.6 Å². The molecule has 0 fully saturated rings. The van der Waals surface area contributed by atoms with Gasteiger partial charge in [-0.05, 0) is 26.8 Å². The topological polar surface area (TPSA) is 99.0 Å². The highest BCUT2D eigenvalue weighted by Crippen LogP contribution is 2.38. The number of amides is 1. The molecule has 0 saturated heterocycles. The maximum atomic E-state index is 12.1. The molecule has 0 aromatic heterocycles. The number of carbonyl (C=O) groups excluding carboxylic acids is 2. The molecule has 1 aromatic carbocycles. The number of rotatable bonds is 4. The van der Waals surface area contributed by atoms with Crippen molar-refractivity contribution in [2.24, 2.45) is 0 Å². The summed E-state index contributed by atoms with van der Waals surface area (Å²) in [5.41, 5.74) is 0.481. The maximum absolute atomic E-state index is 12.1. The van der Waals surface area contributed by atoms with Gasteiger partial charge in [-0.25, -0.2) is 4.79 Å². The van der Waals surface area contributed by atoms with Gasteiger partial charge in [-0.15, -0.1) is 0 Å². The summed E-state index contributed by atoms with van der Waals surface area (Å²) in [6, 6.07) is 1.85. The van der Waals surface area contributed by atoms with Crippen LogP contribution in [-0.4, -0.2) is 36.1 Å². The van der Waals surface area contributed by atoms with E-state index in [1.54, 1.807) is 13.8 Å². The molecule has 1 heterocycles. The zero-order valence-electron chi connectivity index (χ0n) is 12.5. The number of benzene rings is 1. The van der Waals surface area contributed by atoms with Crippen LogP contribution in [0.15, 0.2) is 12.1 Å². The van der Waals surface area contributed by atoms with Gasteiger partial charge in [0.1, 0.15) is 11.8 Å². The Hall–Kier alpha value is -2.64. The molecule has 0 bridgehead atoms. The number of nitrogens with zero attached hydrogens (tertiary/aromatic N) is 2. The van der Waals surface area contributed by atoms with Crippen molar-refractivity contribution >= 4 is 23.3 Å². The molecule has 2 rings (SSSR count). The first-order valence-electron chi connectivity index (χ1n) is 6.77. The highest BCUT2D eigenvalue weighted by molar-refractivity contribution is 6.03. The summed E-state index contributed by atoms with van der Waals surface area (Å²) in [4.78, 5) is 35.7. The second-order valence-corrected chi connectivity index (χ2v) is 4.84. The van der Waals surface area contributed by atoms with Crippen molar-refractivity contribution in [3.8, 4) is 5.75 Å². The number of nitro benzene ring substituents is 1. The molecule has 0 aliphatic carbocycles. The number of carbonyl (C=O) groups is 2. The van der Waals surface area contributed by atoms with Crippen molar-refractivity contribution in [1.29, 1.82) is 0 Å². The Morgan fingerprint density at radius 3 is 2.82 bits per heavy atom. The third kappa shape index (κ3) is 2.72. The Labute approximate surface area is 126 Å². The van der Waals surface area contributed by atoms with E-state index >= 15 is 0 Å². The Bertz CT molecular complexity index is 642. The van der Waals surface area contributed by atoms with Crippen molar-refractivity contribution in [2.75, 3.05) is 18.1 Å². The Morgan fingerprint density at radius 1 is 1.55 bits per heavy atom. The molecule has 1 aliphatic rings. The average Bonchev–Trinajstić information content (AvgIpc) is 2.46. The first kappa shape index (κ1) is 15.7. The highest BCUT2D eigenvalue weighted by Gasteiger charge is 2.35. The van der Waals surface area contributed by atoms with Crippen molar-refractivity contribution in [3.05, 3.63) is 27.8 Å². The van der Waals surface area contributed by atoms with Gasteiger partial charge in [0.2, 0.25) is 0 Å². The standard InChI is InChI=1S/C14H16N2O6/c1-4-21-14(18)9(3)15-11-6-10(16(19)20)8(2)5-12(11)22-7-13(15)17/h5-6,9H,4,7H2,1-3H3. The van der Waals surface area contributed by atoms with Gasteiger partial charge in [-0.3, -0.25) is 19.8 Å². The lowest BCUT2D eigenvalue weighted by atomic mass is 10.1. The van der Waals surface area contributed by atoms with E-state index < -0.39 is 22.8 Å². The average molecular weight is 308 g/mol. The van der Waals surface area contributed by atoms with Gasteiger partial charge >= 0.3 is 5.97 Å². The third-order valence-electron chi connectivity index (χ3n) is 3.37. The number of aryl methyl sites for hydroxylation is 1. The molecule has 1 aliphatic heterocycles. The van der Waals surface area contributed by atoms with E-state index in [1.807, 2.05) is 0 Å². The number of nitro groups is 1. The molecule has 8 heteroatoms.